The molecule has 0 aromatic carbocycles. The van der Waals surface area contributed by atoms with Crippen LogP contribution in [0.2, 0.25) is 0 Å². The second kappa shape index (κ2) is 8.29. The van der Waals surface area contributed by atoms with E-state index >= 15 is 0 Å². The van der Waals surface area contributed by atoms with E-state index in [9.17, 15) is 0 Å². The molecule has 0 amide bonds. The van der Waals surface area contributed by atoms with E-state index < -0.39 is 0 Å². The highest BCUT2D eigenvalue weighted by molar-refractivity contribution is 6.31. The Bertz CT molecular complexity index is 334. The number of rotatable bonds is 5. The van der Waals surface area contributed by atoms with Crippen LogP contribution < -0.4 is 0 Å². The number of ether oxygens (including phenoxy) is 2. The topological polar surface area (TPSA) is 34.1 Å². The van der Waals surface area contributed by atoms with Gasteiger partial charge in [0.1, 0.15) is 6.61 Å². The lowest BCUT2D eigenvalue weighted by Gasteiger charge is -2.26. The van der Waals surface area contributed by atoms with Crippen LogP contribution in [0, 0.1) is 0 Å². The first kappa shape index (κ1) is 15.2. The highest BCUT2D eigenvalue weighted by Gasteiger charge is 2.09. The number of hydrogen-bond acceptors (Lipinski definition) is 4. The van der Waals surface area contributed by atoms with E-state index in [0.29, 0.717) is 17.5 Å². The summed E-state index contributed by atoms with van der Waals surface area (Å²) in [6.07, 6.45) is 1.56. The molecule has 18 heavy (non-hydrogen) atoms. The van der Waals surface area contributed by atoms with Gasteiger partial charge in [0.2, 0.25) is 0 Å². The van der Waals surface area contributed by atoms with Crippen molar-refractivity contribution in [2.45, 2.75) is 13.8 Å². The van der Waals surface area contributed by atoms with Crippen molar-refractivity contribution in [1.29, 1.82) is 0 Å². The van der Waals surface area contributed by atoms with Crippen molar-refractivity contribution in [2.75, 3.05) is 39.5 Å². The number of allylic oxidation sites excluding steroid dienone is 2. The van der Waals surface area contributed by atoms with Crippen LogP contribution in [0.4, 0.5) is 0 Å². The zero-order valence-corrected chi connectivity index (χ0v) is 11.9. The normalized spacial score (nSPS) is 18.8. The first-order chi connectivity index (χ1) is 8.59. The van der Waals surface area contributed by atoms with Gasteiger partial charge in [-0.1, -0.05) is 18.2 Å². The smallest absolute Gasteiger partial charge is 0.184 e. The zero-order valence-electron chi connectivity index (χ0n) is 11.1. The van der Waals surface area contributed by atoms with E-state index in [1.165, 1.54) is 0 Å². The fourth-order valence-corrected chi connectivity index (χ4v) is 1.49. The van der Waals surface area contributed by atoms with Gasteiger partial charge >= 0.3 is 0 Å². The standard InChI is InChI=1S/C13H21ClN2O2/c1-11(2)13(14)10-15-12(3)18-9-6-16-4-7-17-8-5-16/h10H,1,4-9H2,2-3H3/b13-10+,15-12?. The van der Waals surface area contributed by atoms with Crippen molar-refractivity contribution in [1.82, 2.24) is 4.90 Å². The molecule has 4 nitrogen and oxygen atoms in total. The molecule has 5 heteroatoms. The Labute approximate surface area is 114 Å². The molecule has 0 saturated carbocycles. The van der Waals surface area contributed by atoms with Crippen LogP contribution in [-0.2, 0) is 9.47 Å². The van der Waals surface area contributed by atoms with Crippen molar-refractivity contribution >= 4 is 17.5 Å². The number of morpholine rings is 1. The van der Waals surface area contributed by atoms with Crippen LogP contribution in [-0.4, -0.2) is 50.3 Å². The second-order valence-corrected chi connectivity index (χ2v) is 4.62. The minimum Gasteiger partial charge on any atom is -0.480 e. The first-order valence-electron chi connectivity index (χ1n) is 6.08. The summed E-state index contributed by atoms with van der Waals surface area (Å²) in [6, 6.07) is 0. The van der Waals surface area contributed by atoms with Gasteiger partial charge in [-0.3, -0.25) is 4.90 Å². The number of aliphatic imine (C=N–C) groups is 1. The Kier molecular flexibility index (Phi) is 7.01. The Hall–Kier alpha value is -0.840. The van der Waals surface area contributed by atoms with Crippen LogP contribution in [0.25, 0.3) is 0 Å². The van der Waals surface area contributed by atoms with Gasteiger partial charge in [-0.15, -0.1) is 0 Å². The molecule has 1 heterocycles. The number of hydrogen-bond donors (Lipinski definition) is 0. The third-order valence-electron chi connectivity index (χ3n) is 2.59. The van der Waals surface area contributed by atoms with Crippen LogP contribution in [0.5, 0.6) is 0 Å². The van der Waals surface area contributed by atoms with Gasteiger partial charge < -0.3 is 9.47 Å². The van der Waals surface area contributed by atoms with Gasteiger partial charge in [-0.05, 0) is 12.5 Å². The summed E-state index contributed by atoms with van der Waals surface area (Å²) < 4.78 is 10.8. The SMILES string of the molecule is C=C(C)/C(Cl)=C\N=C(C)OCCN1CCOCC1. The van der Waals surface area contributed by atoms with Gasteiger partial charge in [0, 0.05) is 32.8 Å². The summed E-state index contributed by atoms with van der Waals surface area (Å²) in [5.74, 6) is 0.614. The van der Waals surface area contributed by atoms with Gasteiger partial charge in [0.25, 0.3) is 0 Å². The van der Waals surface area contributed by atoms with Crippen molar-refractivity contribution in [3.05, 3.63) is 23.4 Å². The first-order valence-corrected chi connectivity index (χ1v) is 6.46. The van der Waals surface area contributed by atoms with Gasteiger partial charge in [-0.2, -0.15) is 0 Å². The van der Waals surface area contributed by atoms with Crippen LogP contribution in [0.1, 0.15) is 13.8 Å². The average molecular weight is 273 g/mol. The quantitative estimate of drug-likeness (QED) is 0.438. The van der Waals surface area contributed by atoms with Crippen molar-refractivity contribution < 1.29 is 9.47 Å². The molecule has 1 rings (SSSR count). The maximum Gasteiger partial charge on any atom is 0.184 e. The van der Waals surface area contributed by atoms with Crippen molar-refractivity contribution in [3.8, 4) is 0 Å². The largest absolute Gasteiger partial charge is 0.480 e. The van der Waals surface area contributed by atoms with Crippen LogP contribution in [0.15, 0.2) is 28.4 Å². The molecule has 0 spiro atoms. The van der Waals surface area contributed by atoms with E-state index in [2.05, 4.69) is 16.5 Å². The predicted octanol–water partition coefficient (Wildman–Crippen LogP) is 2.41. The predicted molar refractivity (Wildman–Crippen MR) is 75.1 cm³/mol. The average Bonchev–Trinajstić information content (AvgIpc) is 2.37. The fraction of sp³-hybridized carbons (Fsp3) is 0.615. The minimum absolute atomic E-state index is 0.547. The highest BCUT2D eigenvalue weighted by atomic mass is 35.5. The molecule has 0 N–H and O–H groups in total. The Balaban J connectivity index is 2.23. The monoisotopic (exact) mass is 272 g/mol. The summed E-state index contributed by atoms with van der Waals surface area (Å²) in [7, 11) is 0. The van der Waals surface area contributed by atoms with E-state index in [1.807, 2.05) is 13.8 Å². The summed E-state index contributed by atoms with van der Waals surface area (Å²) in [6.45, 7) is 12.5. The van der Waals surface area contributed by atoms with E-state index in [1.54, 1.807) is 6.20 Å². The number of halogens is 1. The highest BCUT2D eigenvalue weighted by Crippen LogP contribution is 2.11. The van der Waals surface area contributed by atoms with Crippen molar-refractivity contribution in [2.24, 2.45) is 4.99 Å². The van der Waals surface area contributed by atoms with Gasteiger partial charge in [-0.25, -0.2) is 4.99 Å². The molecule has 1 aliphatic rings. The lowest BCUT2D eigenvalue weighted by atomic mass is 10.3. The molecule has 1 aliphatic heterocycles. The molecule has 102 valence electrons. The fourth-order valence-electron chi connectivity index (χ4n) is 1.44. The summed E-state index contributed by atoms with van der Waals surface area (Å²) in [4.78, 5) is 6.44. The minimum atomic E-state index is 0.547. The van der Waals surface area contributed by atoms with Crippen molar-refractivity contribution in [3.63, 3.8) is 0 Å². The van der Waals surface area contributed by atoms with Crippen LogP contribution in [0.3, 0.4) is 0 Å². The second-order valence-electron chi connectivity index (χ2n) is 4.21. The summed E-state index contributed by atoms with van der Waals surface area (Å²) in [5.41, 5.74) is 0.793. The molecule has 1 fully saturated rings. The third kappa shape index (κ3) is 6.19. The molecule has 0 aromatic rings. The Morgan fingerprint density at radius 2 is 2.11 bits per heavy atom. The maximum atomic E-state index is 5.89. The summed E-state index contributed by atoms with van der Waals surface area (Å²) in [5, 5.41) is 0.547. The van der Waals surface area contributed by atoms with E-state index in [-0.39, 0.29) is 0 Å². The molecule has 1 saturated heterocycles. The van der Waals surface area contributed by atoms with E-state index in [4.69, 9.17) is 21.1 Å². The molecule has 0 aliphatic carbocycles. The molecule has 0 bridgehead atoms. The van der Waals surface area contributed by atoms with E-state index in [0.717, 1.165) is 38.4 Å². The third-order valence-corrected chi connectivity index (χ3v) is 3.01. The molecule has 0 atom stereocenters. The maximum absolute atomic E-state index is 5.89. The summed E-state index contributed by atoms with van der Waals surface area (Å²) >= 11 is 5.89. The number of nitrogens with zero attached hydrogens (tertiary/aromatic N) is 2. The lowest BCUT2D eigenvalue weighted by Crippen LogP contribution is -2.38. The molecule has 0 aromatic heterocycles. The molecule has 0 radical (unpaired) electrons. The van der Waals surface area contributed by atoms with Gasteiger partial charge in [0.05, 0.1) is 18.2 Å². The molecular formula is C13H21ClN2O2. The molecule has 0 unspecified atom stereocenters. The lowest BCUT2D eigenvalue weighted by molar-refractivity contribution is 0.0315. The van der Waals surface area contributed by atoms with Gasteiger partial charge in [0.15, 0.2) is 5.90 Å². The molecular weight excluding hydrogens is 252 g/mol. The Morgan fingerprint density at radius 1 is 1.44 bits per heavy atom. The Morgan fingerprint density at radius 3 is 2.72 bits per heavy atom. The zero-order chi connectivity index (χ0) is 13.4. The van der Waals surface area contributed by atoms with Crippen LogP contribution >= 0.6 is 11.6 Å².